The molecule has 0 spiro atoms. The summed E-state index contributed by atoms with van der Waals surface area (Å²) in [6, 6.07) is 8.08. The second kappa shape index (κ2) is 4.42. The fourth-order valence-electron chi connectivity index (χ4n) is 2.45. The van der Waals surface area contributed by atoms with Crippen molar-refractivity contribution < 1.29 is 4.79 Å². The van der Waals surface area contributed by atoms with Gasteiger partial charge in [0.25, 0.3) is 5.91 Å². The minimum absolute atomic E-state index is 0.107. The zero-order valence-electron chi connectivity index (χ0n) is 10.8. The Morgan fingerprint density at radius 3 is 2.53 bits per heavy atom. The van der Waals surface area contributed by atoms with Crippen LogP contribution in [-0.2, 0) is 19.5 Å². The average Bonchev–Trinajstić information content (AvgIpc) is 3.01. The normalized spacial score (nSPS) is 13.6. The van der Waals surface area contributed by atoms with Crippen molar-refractivity contribution in [1.82, 2.24) is 15.1 Å². The Balaban J connectivity index is 1.85. The monoisotopic (exact) mass is 256 g/mol. The van der Waals surface area contributed by atoms with Gasteiger partial charge in [-0.25, -0.2) is 0 Å². The molecule has 0 saturated heterocycles. The van der Waals surface area contributed by atoms with Crippen LogP contribution in [0.1, 0.15) is 34.2 Å². The highest BCUT2D eigenvalue weighted by Gasteiger charge is 2.27. The van der Waals surface area contributed by atoms with E-state index in [0.717, 1.165) is 12.1 Å². The number of carbonyl (C=O) groups is 1. The Morgan fingerprint density at radius 1 is 1.37 bits per heavy atom. The highest BCUT2D eigenvalue weighted by atomic mass is 16.2. The molecular weight excluding hydrogens is 240 g/mol. The number of rotatable bonds is 2. The molecule has 19 heavy (non-hydrogen) atoms. The Morgan fingerprint density at radius 2 is 2.00 bits per heavy atom. The summed E-state index contributed by atoms with van der Waals surface area (Å²) in [6.45, 7) is 3.23. The van der Waals surface area contributed by atoms with E-state index in [1.807, 2.05) is 31.2 Å². The number of nitrogens with zero attached hydrogens (tertiary/aromatic N) is 2. The number of carbonyl (C=O) groups excluding carboxylic acids is 1. The van der Waals surface area contributed by atoms with Crippen LogP contribution in [-0.4, -0.2) is 21.0 Å². The fraction of sp³-hybridized carbons (Fsp3) is 0.286. The number of hydrogen-bond acceptors (Lipinski definition) is 3. The summed E-state index contributed by atoms with van der Waals surface area (Å²) < 4.78 is 0. The molecular formula is C14H16N4O. The number of aryl methyl sites for hydroxylation is 1. The molecule has 0 fully saturated rings. The van der Waals surface area contributed by atoms with Gasteiger partial charge in [-0.3, -0.25) is 9.89 Å². The molecule has 0 bridgehead atoms. The van der Waals surface area contributed by atoms with Gasteiger partial charge in [0, 0.05) is 13.1 Å². The molecule has 3 N–H and O–H groups in total. The third-order valence-electron chi connectivity index (χ3n) is 3.57. The van der Waals surface area contributed by atoms with Gasteiger partial charge in [-0.2, -0.15) is 5.10 Å². The van der Waals surface area contributed by atoms with Gasteiger partial charge >= 0.3 is 0 Å². The van der Waals surface area contributed by atoms with E-state index in [2.05, 4.69) is 10.2 Å². The van der Waals surface area contributed by atoms with Crippen molar-refractivity contribution in [3.05, 3.63) is 46.8 Å². The maximum atomic E-state index is 12.4. The van der Waals surface area contributed by atoms with Crippen LogP contribution in [0, 0.1) is 0 Å². The Hall–Kier alpha value is -2.30. The van der Waals surface area contributed by atoms with Crippen LogP contribution in [0.3, 0.4) is 0 Å². The minimum atomic E-state index is -0.107. The first-order valence-electron chi connectivity index (χ1n) is 6.39. The van der Waals surface area contributed by atoms with Gasteiger partial charge < -0.3 is 10.6 Å². The molecule has 1 aromatic carbocycles. The van der Waals surface area contributed by atoms with E-state index < -0.39 is 0 Å². The molecule has 98 valence electrons. The Labute approximate surface area is 111 Å². The smallest absolute Gasteiger partial charge is 0.277 e. The standard InChI is InChI=1S/C14H16N4O/c1-2-11-12(15)13(17-16-11)14(19)18-7-9-5-3-4-6-10(9)8-18/h3-6H,2,7-8,15H2,1H3,(H,16,17). The number of hydrogen-bond donors (Lipinski definition) is 2. The number of nitrogens with two attached hydrogens (primary N) is 1. The summed E-state index contributed by atoms with van der Waals surface area (Å²) in [6.07, 6.45) is 0.742. The molecule has 1 aromatic heterocycles. The first kappa shape index (κ1) is 11.8. The lowest BCUT2D eigenvalue weighted by atomic mass is 10.1. The molecule has 0 unspecified atom stereocenters. The lowest BCUT2D eigenvalue weighted by Gasteiger charge is -2.14. The van der Waals surface area contributed by atoms with Gasteiger partial charge in [0.05, 0.1) is 11.4 Å². The predicted molar refractivity (Wildman–Crippen MR) is 72.4 cm³/mol. The largest absolute Gasteiger partial charge is 0.395 e. The number of fused-ring (bicyclic) bond motifs is 1. The molecule has 2 heterocycles. The summed E-state index contributed by atoms with van der Waals surface area (Å²) in [5.74, 6) is -0.107. The molecule has 0 atom stereocenters. The van der Waals surface area contributed by atoms with E-state index in [-0.39, 0.29) is 5.91 Å². The third-order valence-corrected chi connectivity index (χ3v) is 3.57. The van der Waals surface area contributed by atoms with Crippen LogP contribution < -0.4 is 5.73 Å². The molecule has 0 radical (unpaired) electrons. The Kier molecular flexibility index (Phi) is 2.74. The summed E-state index contributed by atoms with van der Waals surface area (Å²) in [7, 11) is 0. The van der Waals surface area contributed by atoms with E-state index in [0.29, 0.717) is 24.5 Å². The molecule has 0 aliphatic carbocycles. The van der Waals surface area contributed by atoms with E-state index in [4.69, 9.17) is 5.73 Å². The number of anilines is 1. The SMILES string of the molecule is CCc1[nH]nc(C(=O)N2Cc3ccccc3C2)c1N. The second-order valence-electron chi connectivity index (χ2n) is 4.75. The van der Waals surface area contributed by atoms with Crippen molar-refractivity contribution >= 4 is 11.6 Å². The van der Waals surface area contributed by atoms with Gasteiger partial charge in [0.1, 0.15) is 0 Å². The third kappa shape index (κ3) is 1.87. The Bertz CT molecular complexity index is 607. The van der Waals surface area contributed by atoms with E-state index >= 15 is 0 Å². The predicted octanol–water partition coefficient (Wildman–Crippen LogP) is 1.71. The number of aromatic amines is 1. The summed E-state index contributed by atoms with van der Waals surface area (Å²) in [5.41, 5.74) is 9.97. The maximum Gasteiger partial charge on any atom is 0.277 e. The van der Waals surface area contributed by atoms with Gasteiger partial charge in [0.2, 0.25) is 0 Å². The van der Waals surface area contributed by atoms with E-state index in [9.17, 15) is 4.79 Å². The zero-order valence-corrected chi connectivity index (χ0v) is 10.8. The van der Waals surface area contributed by atoms with Gasteiger partial charge in [-0.1, -0.05) is 31.2 Å². The maximum absolute atomic E-state index is 12.4. The fourth-order valence-corrected chi connectivity index (χ4v) is 2.45. The van der Waals surface area contributed by atoms with Crippen LogP contribution >= 0.6 is 0 Å². The number of aromatic nitrogens is 2. The van der Waals surface area contributed by atoms with Crippen molar-refractivity contribution in [3.63, 3.8) is 0 Å². The van der Waals surface area contributed by atoms with Crippen molar-refractivity contribution in [2.75, 3.05) is 5.73 Å². The number of nitrogen functional groups attached to an aromatic ring is 1. The van der Waals surface area contributed by atoms with E-state index in [1.165, 1.54) is 11.1 Å². The molecule has 5 nitrogen and oxygen atoms in total. The molecule has 0 saturated carbocycles. The first-order valence-corrected chi connectivity index (χ1v) is 6.39. The number of nitrogens with one attached hydrogen (secondary N) is 1. The molecule has 1 aliphatic rings. The van der Waals surface area contributed by atoms with Crippen molar-refractivity contribution in [3.8, 4) is 0 Å². The highest BCUT2D eigenvalue weighted by molar-refractivity contribution is 5.97. The lowest BCUT2D eigenvalue weighted by molar-refractivity contribution is 0.0746. The number of amides is 1. The quantitative estimate of drug-likeness (QED) is 0.859. The van der Waals surface area contributed by atoms with Gasteiger partial charge in [-0.05, 0) is 17.5 Å². The molecule has 3 rings (SSSR count). The second-order valence-corrected chi connectivity index (χ2v) is 4.75. The van der Waals surface area contributed by atoms with Crippen LogP contribution in [0.2, 0.25) is 0 Å². The summed E-state index contributed by atoms with van der Waals surface area (Å²) >= 11 is 0. The molecule has 1 amide bonds. The van der Waals surface area contributed by atoms with E-state index in [1.54, 1.807) is 4.90 Å². The number of H-pyrrole nitrogens is 1. The van der Waals surface area contributed by atoms with Crippen LogP contribution in [0.25, 0.3) is 0 Å². The van der Waals surface area contributed by atoms with Crippen molar-refractivity contribution in [2.45, 2.75) is 26.4 Å². The summed E-state index contributed by atoms with van der Waals surface area (Å²) in [5, 5.41) is 6.88. The first-order chi connectivity index (χ1) is 9.20. The molecule has 2 aromatic rings. The lowest BCUT2D eigenvalue weighted by Crippen LogP contribution is -2.26. The number of benzene rings is 1. The summed E-state index contributed by atoms with van der Waals surface area (Å²) in [4.78, 5) is 14.2. The minimum Gasteiger partial charge on any atom is -0.395 e. The van der Waals surface area contributed by atoms with Gasteiger partial charge in [-0.15, -0.1) is 0 Å². The average molecular weight is 256 g/mol. The van der Waals surface area contributed by atoms with Crippen molar-refractivity contribution in [1.29, 1.82) is 0 Å². The van der Waals surface area contributed by atoms with Crippen molar-refractivity contribution in [2.24, 2.45) is 0 Å². The van der Waals surface area contributed by atoms with Gasteiger partial charge in [0.15, 0.2) is 5.69 Å². The van der Waals surface area contributed by atoms with Crippen LogP contribution in [0.4, 0.5) is 5.69 Å². The highest BCUT2D eigenvalue weighted by Crippen LogP contribution is 2.25. The zero-order chi connectivity index (χ0) is 13.4. The molecule has 1 aliphatic heterocycles. The topological polar surface area (TPSA) is 75.0 Å². The van der Waals surface area contributed by atoms with Crippen LogP contribution in [0.5, 0.6) is 0 Å². The van der Waals surface area contributed by atoms with Crippen LogP contribution in [0.15, 0.2) is 24.3 Å². The molecule has 5 heteroatoms.